The maximum atomic E-state index is 14.0. The molecule has 0 saturated carbocycles. The van der Waals surface area contributed by atoms with Crippen molar-refractivity contribution >= 4 is 28.9 Å². The van der Waals surface area contributed by atoms with Crippen molar-refractivity contribution in [2.45, 2.75) is 32.5 Å². The van der Waals surface area contributed by atoms with Gasteiger partial charge in [0.2, 0.25) is 0 Å². The molecule has 0 fully saturated rings. The van der Waals surface area contributed by atoms with Crippen molar-refractivity contribution in [2.75, 3.05) is 12.4 Å². The fourth-order valence-electron chi connectivity index (χ4n) is 3.14. The van der Waals surface area contributed by atoms with E-state index in [1.165, 1.54) is 13.2 Å². The van der Waals surface area contributed by atoms with Crippen LogP contribution in [0.5, 0.6) is 5.75 Å². The number of methoxy groups -OCH3 is 1. The van der Waals surface area contributed by atoms with Crippen LogP contribution in [0.3, 0.4) is 0 Å². The van der Waals surface area contributed by atoms with E-state index in [0.29, 0.717) is 34.2 Å². The molecule has 29 heavy (non-hydrogen) atoms. The molecule has 0 aliphatic carbocycles. The first-order chi connectivity index (χ1) is 13.8. The van der Waals surface area contributed by atoms with E-state index in [2.05, 4.69) is 25.9 Å². The molecule has 0 bridgehead atoms. The average Bonchev–Trinajstić information content (AvgIpc) is 3.25. The third-order valence-corrected chi connectivity index (χ3v) is 4.90. The summed E-state index contributed by atoms with van der Waals surface area (Å²) in [5.74, 6) is 1.10. The second-order valence-electron chi connectivity index (χ2n) is 7.09. The molecule has 1 aromatic carbocycles. The molecule has 152 valence electrons. The Hall–Kier alpha value is -2.91. The zero-order valence-electron chi connectivity index (χ0n) is 16.3. The zero-order chi connectivity index (χ0) is 20.8. The summed E-state index contributed by atoms with van der Waals surface area (Å²) in [4.78, 5) is 14.6. The van der Waals surface area contributed by atoms with Gasteiger partial charge in [0.1, 0.15) is 17.4 Å². The van der Waals surface area contributed by atoms with E-state index in [-0.39, 0.29) is 11.1 Å². The van der Waals surface area contributed by atoms with Crippen LogP contribution in [0.1, 0.15) is 37.9 Å². The number of hydroxylamine groups is 1. The van der Waals surface area contributed by atoms with Crippen LogP contribution in [-0.2, 0) is 4.84 Å². The Balaban J connectivity index is 1.68. The fraction of sp³-hybridized carbons (Fsp3) is 0.316. The highest BCUT2D eigenvalue weighted by atomic mass is 35.5. The molecule has 3 aromatic rings. The minimum absolute atomic E-state index is 0.0133. The van der Waals surface area contributed by atoms with E-state index in [4.69, 9.17) is 21.2 Å². The molecule has 2 N–H and O–H groups in total. The van der Waals surface area contributed by atoms with E-state index in [9.17, 15) is 4.39 Å². The summed E-state index contributed by atoms with van der Waals surface area (Å²) in [6.45, 7) is 5.54. The smallest absolute Gasteiger partial charge is 0.182 e. The number of amidine groups is 1. The largest absolute Gasteiger partial charge is 0.496 e. The van der Waals surface area contributed by atoms with Crippen LogP contribution in [-0.4, -0.2) is 33.3 Å². The third kappa shape index (κ3) is 3.58. The molecule has 0 amide bonds. The van der Waals surface area contributed by atoms with Gasteiger partial charge in [-0.1, -0.05) is 11.6 Å². The van der Waals surface area contributed by atoms with Gasteiger partial charge in [-0.15, -0.1) is 0 Å². The maximum Gasteiger partial charge on any atom is 0.182 e. The molecule has 10 heteroatoms. The van der Waals surface area contributed by atoms with Crippen molar-refractivity contribution in [3.8, 4) is 5.75 Å². The number of ether oxygens (including phenoxy) is 1. The van der Waals surface area contributed by atoms with Gasteiger partial charge < -0.3 is 10.1 Å². The van der Waals surface area contributed by atoms with Crippen molar-refractivity contribution < 1.29 is 14.0 Å². The maximum absolute atomic E-state index is 14.0. The zero-order valence-corrected chi connectivity index (χ0v) is 17.1. The Morgan fingerprint density at radius 3 is 2.83 bits per heavy atom. The van der Waals surface area contributed by atoms with E-state index in [1.54, 1.807) is 29.0 Å². The Kier molecular flexibility index (Phi) is 4.79. The average molecular weight is 419 g/mol. The first-order valence-electron chi connectivity index (χ1n) is 8.96. The van der Waals surface area contributed by atoms with Gasteiger partial charge in [-0.05, 0) is 39.0 Å². The van der Waals surface area contributed by atoms with Gasteiger partial charge in [0.25, 0.3) is 0 Å². The number of benzene rings is 1. The monoisotopic (exact) mass is 418 g/mol. The van der Waals surface area contributed by atoms with Crippen molar-refractivity contribution in [1.29, 1.82) is 0 Å². The van der Waals surface area contributed by atoms with Crippen LogP contribution in [0.4, 0.5) is 10.2 Å². The number of rotatable bonds is 5. The minimum Gasteiger partial charge on any atom is -0.496 e. The molecule has 8 nitrogen and oxygen atoms in total. The van der Waals surface area contributed by atoms with Gasteiger partial charge in [0.15, 0.2) is 17.2 Å². The molecule has 1 aliphatic heterocycles. The predicted octanol–water partition coefficient (Wildman–Crippen LogP) is 3.72. The molecular formula is C19H20ClFN6O2. The van der Waals surface area contributed by atoms with Crippen LogP contribution >= 0.6 is 11.6 Å². The topological polar surface area (TPSA) is 85.1 Å². The first-order valence-corrected chi connectivity index (χ1v) is 9.34. The highest BCUT2D eigenvalue weighted by molar-refractivity contribution is 6.31. The fourth-order valence-corrected chi connectivity index (χ4v) is 3.46. The van der Waals surface area contributed by atoms with Gasteiger partial charge in [0.05, 0.1) is 29.9 Å². The highest BCUT2D eigenvalue weighted by Crippen LogP contribution is 2.35. The lowest BCUT2D eigenvalue weighted by atomic mass is 10.1. The summed E-state index contributed by atoms with van der Waals surface area (Å²) < 4.78 is 21.0. The number of nitrogens with zero attached hydrogens (tertiary/aromatic N) is 4. The molecule has 1 aliphatic rings. The van der Waals surface area contributed by atoms with Gasteiger partial charge in [-0.2, -0.15) is 5.10 Å². The van der Waals surface area contributed by atoms with Crippen molar-refractivity contribution in [3.63, 3.8) is 0 Å². The lowest BCUT2D eigenvalue weighted by Gasteiger charge is -2.19. The minimum atomic E-state index is -0.668. The van der Waals surface area contributed by atoms with E-state index in [1.807, 2.05) is 20.8 Å². The second-order valence-corrected chi connectivity index (χ2v) is 7.47. The lowest BCUT2D eigenvalue weighted by molar-refractivity contribution is -0.0269. The van der Waals surface area contributed by atoms with Gasteiger partial charge in [-0.3, -0.25) is 0 Å². The van der Waals surface area contributed by atoms with Crippen LogP contribution in [0.25, 0.3) is 5.65 Å². The van der Waals surface area contributed by atoms with Gasteiger partial charge in [-0.25, -0.2) is 29.2 Å². The molecule has 0 radical (unpaired) electrons. The quantitative estimate of drug-likeness (QED) is 0.656. The molecule has 0 spiro atoms. The number of anilines is 1. The SMILES string of the molecule is COc1ccc(F)c(Cl)c1[C@@H](C)Nc1ccn2ncc(C3=NC(C)(C)ON3)c2n1. The summed E-state index contributed by atoms with van der Waals surface area (Å²) in [6.07, 6.45) is 3.44. The molecule has 0 unspecified atom stereocenters. The number of fused-ring (bicyclic) bond motifs is 1. The van der Waals surface area contributed by atoms with Crippen LogP contribution in [0, 0.1) is 5.82 Å². The normalized spacial score (nSPS) is 16.4. The highest BCUT2D eigenvalue weighted by Gasteiger charge is 2.28. The molecule has 3 heterocycles. The molecule has 4 rings (SSSR count). The van der Waals surface area contributed by atoms with Gasteiger partial charge >= 0.3 is 0 Å². The van der Waals surface area contributed by atoms with E-state index >= 15 is 0 Å². The Labute approximate surface area is 171 Å². The number of hydrogen-bond acceptors (Lipinski definition) is 7. The number of halogens is 2. The standard InChI is InChI=1S/C19H20ClFN6O2/c1-10(15-13(28-4)6-5-12(21)16(15)20)23-14-7-8-27-18(24-14)11(9-22-27)17-25-19(2,3)29-26-17/h5-10H,1-4H3,(H,23,24)(H,25,26)/t10-/m1/s1. The van der Waals surface area contributed by atoms with E-state index in [0.717, 1.165) is 0 Å². The summed E-state index contributed by atoms with van der Waals surface area (Å²) in [5, 5.41) is 7.56. The molecule has 1 atom stereocenters. The Bertz CT molecular complexity index is 1110. The van der Waals surface area contributed by atoms with Crippen molar-refractivity contribution in [2.24, 2.45) is 4.99 Å². The number of hydrogen-bond donors (Lipinski definition) is 2. The first kappa shape index (κ1) is 19.4. The molecule has 2 aromatic heterocycles. The Morgan fingerprint density at radius 2 is 2.14 bits per heavy atom. The van der Waals surface area contributed by atoms with Crippen LogP contribution in [0.2, 0.25) is 5.02 Å². The summed E-state index contributed by atoms with van der Waals surface area (Å²) >= 11 is 6.19. The van der Waals surface area contributed by atoms with Crippen LogP contribution < -0.4 is 15.5 Å². The lowest BCUT2D eigenvalue weighted by Crippen LogP contribution is -2.23. The summed E-state index contributed by atoms with van der Waals surface area (Å²) in [5.41, 5.74) is 3.96. The second kappa shape index (κ2) is 7.16. The predicted molar refractivity (Wildman–Crippen MR) is 108 cm³/mol. The third-order valence-electron chi connectivity index (χ3n) is 4.51. The molecule has 0 saturated heterocycles. The Morgan fingerprint density at radius 1 is 1.34 bits per heavy atom. The van der Waals surface area contributed by atoms with Gasteiger partial charge in [0, 0.05) is 11.8 Å². The van der Waals surface area contributed by atoms with Crippen molar-refractivity contribution in [1.82, 2.24) is 20.1 Å². The number of nitrogens with one attached hydrogen (secondary N) is 2. The molecular weight excluding hydrogens is 399 g/mol. The number of aromatic nitrogens is 3. The number of aliphatic imine (C=N–C) groups is 1. The van der Waals surface area contributed by atoms with Crippen molar-refractivity contribution in [3.05, 3.63) is 52.6 Å². The van der Waals surface area contributed by atoms with Crippen LogP contribution in [0.15, 0.2) is 35.6 Å². The van der Waals surface area contributed by atoms with E-state index < -0.39 is 11.5 Å². The summed E-state index contributed by atoms with van der Waals surface area (Å²) in [6, 6.07) is 4.23. The summed E-state index contributed by atoms with van der Waals surface area (Å²) in [7, 11) is 1.52.